The third-order valence-electron chi connectivity index (χ3n) is 16.1. The van der Waals surface area contributed by atoms with E-state index in [2.05, 4.69) is 44.8 Å². The number of nitrogens with zero attached hydrogens (tertiary/aromatic N) is 5. The van der Waals surface area contributed by atoms with Crippen LogP contribution in [-0.2, 0) is 27.3 Å². The molecule has 1 aromatic rings. The summed E-state index contributed by atoms with van der Waals surface area (Å²) in [4.78, 5) is 29.9. The minimum absolute atomic E-state index is 0.000612. The highest BCUT2D eigenvalue weighted by Crippen LogP contribution is 2.87. The van der Waals surface area contributed by atoms with Crippen molar-refractivity contribution in [1.29, 1.82) is 0 Å². The molecule has 0 aromatic carbocycles. The number of carbonyl (C=O) groups is 2. The number of rotatable bonds is 4. The SMILES string of the molecule is CC(C)C(OC(=O)N1CCC1)C1CCC2C(CC3C4CCC5C(C)(C)C(OC(=O)N6CCn7cnnc7C6)CCC56CC46CCC23C)O1. The second-order valence-electron chi connectivity index (χ2n) is 18.5. The predicted molar refractivity (Wildman–Crippen MR) is 178 cm³/mol. The molecule has 0 N–H and O–H groups in total. The third-order valence-corrected chi connectivity index (χ3v) is 16.1. The van der Waals surface area contributed by atoms with Gasteiger partial charge in [0.25, 0.3) is 0 Å². The summed E-state index contributed by atoms with van der Waals surface area (Å²) in [6.45, 7) is 15.2. The number of carbonyl (C=O) groups excluding carboxylic acids is 2. The number of aromatic nitrogens is 3. The van der Waals surface area contributed by atoms with Gasteiger partial charge in [0.05, 0.1) is 18.8 Å². The molecular weight excluding hydrogens is 606 g/mol. The second kappa shape index (κ2) is 10.8. The van der Waals surface area contributed by atoms with Crippen molar-refractivity contribution in [2.45, 2.75) is 143 Å². The maximum atomic E-state index is 13.5. The summed E-state index contributed by atoms with van der Waals surface area (Å²) in [5.41, 5.74) is 1.14. The Balaban J connectivity index is 0.883. The number of hydrogen-bond acceptors (Lipinski definition) is 7. The zero-order valence-corrected chi connectivity index (χ0v) is 29.9. The van der Waals surface area contributed by atoms with E-state index in [1.807, 2.05) is 14.4 Å². The molecule has 11 unspecified atom stereocenters. The molecule has 2 saturated heterocycles. The molecule has 0 bridgehead atoms. The molecule has 2 amide bonds. The van der Waals surface area contributed by atoms with Crippen LogP contribution in [-0.4, -0.2) is 80.8 Å². The van der Waals surface area contributed by atoms with Gasteiger partial charge in [0.15, 0.2) is 5.82 Å². The Labute approximate surface area is 286 Å². The molecule has 1 aromatic heterocycles. The molecular formula is C38H57N5O5. The number of hydrogen-bond donors (Lipinski definition) is 0. The Morgan fingerprint density at radius 1 is 0.896 bits per heavy atom. The fourth-order valence-electron chi connectivity index (χ4n) is 13.5. The van der Waals surface area contributed by atoms with Crippen LogP contribution < -0.4 is 0 Å². The van der Waals surface area contributed by atoms with Gasteiger partial charge in [0, 0.05) is 31.6 Å². The molecule has 7 fully saturated rings. The topological polar surface area (TPSA) is 99.0 Å². The van der Waals surface area contributed by atoms with Crippen molar-refractivity contribution in [1.82, 2.24) is 24.6 Å². The summed E-state index contributed by atoms with van der Waals surface area (Å²) in [6.07, 6.45) is 14.6. The van der Waals surface area contributed by atoms with Crippen molar-refractivity contribution in [3.05, 3.63) is 12.2 Å². The van der Waals surface area contributed by atoms with Crippen LogP contribution in [0.3, 0.4) is 0 Å². The van der Waals surface area contributed by atoms with Crippen molar-refractivity contribution in [3.8, 4) is 0 Å². The van der Waals surface area contributed by atoms with Crippen molar-refractivity contribution in [3.63, 3.8) is 0 Å². The number of amides is 2. The van der Waals surface area contributed by atoms with E-state index in [0.29, 0.717) is 47.1 Å². The Morgan fingerprint density at radius 2 is 1.71 bits per heavy atom. The second-order valence-corrected chi connectivity index (χ2v) is 18.5. The summed E-state index contributed by atoms with van der Waals surface area (Å²) in [5, 5.41) is 8.21. The largest absolute Gasteiger partial charge is 0.446 e. The average Bonchev–Trinajstić information content (AvgIpc) is 3.28. The molecule has 0 radical (unpaired) electrons. The molecule has 10 nitrogen and oxygen atoms in total. The third kappa shape index (κ3) is 4.38. The minimum atomic E-state index is -0.187. The lowest BCUT2D eigenvalue weighted by molar-refractivity contribution is -0.151. The first-order valence-electron chi connectivity index (χ1n) is 19.4. The lowest BCUT2D eigenvalue weighted by Crippen LogP contribution is -2.55. The molecule has 8 aliphatic rings. The Kier molecular flexibility index (Phi) is 7.13. The minimum Gasteiger partial charge on any atom is -0.446 e. The maximum absolute atomic E-state index is 13.5. The van der Waals surface area contributed by atoms with Gasteiger partial charge in [-0.1, -0.05) is 34.6 Å². The van der Waals surface area contributed by atoms with Crippen LogP contribution in [0.15, 0.2) is 6.33 Å². The van der Waals surface area contributed by atoms with Crippen LogP contribution in [0.4, 0.5) is 9.59 Å². The standard InChI is InChI=1S/C38H57N5O5/c1-23(2)32(48-33(44)41-15-6-16-41)27-9-7-25-28(46-27)19-26-24-8-10-29-35(3,4)30(11-12-38(29)21-37(24,38)14-13-36(25,26)5)47-34(45)42-17-18-43-22-39-40-31(43)20-42/h22-30,32H,6-21H2,1-5H3. The van der Waals surface area contributed by atoms with Crippen molar-refractivity contribution < 1.29 is 23.8 Å². The molecule has 2 spiro atoms. The molecule has 5 saturated carbocycles. The highest BCUT2D eigenvalue weighted by Gasteiger charge is 2.81. The molecule has 264 valence electrons. The van der Waals surface area contributed by atoms with Crippen LogP contribution in [0.5, 0.6) is 0 Å². The van der Waals surface area contributed by atoms with Gasteiger partial charge in [-0.25, -0.2) is 9.59 Å². The predicted octanol–water partition coefficient (Wildman–Crippen LogP) is 6.67. The first-order valence-corrected chi connectivity index (χ1v) is 19.4. The molecule has 48 heavy (non-hydrogen) atoms. The molecule has 5 aliphatic carbocycles. The first kappa shape index (κ1) is 31.6. The molecule has 11 atom stereocenters. The highest BCUT2D eigenvalue weighted by molar-refractivity contribution is 5.69. The smallest absolute Gasteiger partial charge is 0.410 e. The first-order chi connectivity index (χ1) is 23.0. The van der Waals surface area contributed by atoms with Gasteiger partial charge in [-0.05, 0) is 116 Å². The van der Waals surface area contributed by atoms with Gasteiger partial charge in [0.2, 0.25) is 0 Å². The summed E-state index contributed by atoms with van der Waals surface area (Å²) in [7, 11) is 0. The Morgan fingerprint density at radius 3 is 2.48 bits per heavy atom. The monoisotopic (exact) mass is 663 g/mol. The van der Waals surface area contributed by atoms with Crippen LogP contribution in [0.2, 0.25) is 0 Å². The quantitative estimate of drug-likeness (QED) is 0.355. The zero-order valence-electron chi connectivity index (χ0n) is 29.9. The maximum Gasteiger partial charge on any atom is 0.410 e. The van der Waals surface area contributed by atoms with E-state index in [1.165, 1.54) is 51.4 Å². The van der Waals surface area contributed by atoms with E-state index >= 15 is 0 Å². The van der Waals surface area contributed by atoms with Gasteiger partial charge < -0.3 is 23.7 Å². The van der Waals surface area contributed by atoms with Crippen LogP contribution in [0.1, 0.15) is 111 Å². The van der Waals surface area contributed by atoms with E-state index < -0.39 is 0 Å². The van der Waals surface area contributed by atoms with Gasteiger partial charge in [-0.15, -0.1) is 10.2 Å². The Bertz CT molecular complexity index is 1460. The van der Waals surface area contributed by atoms with E-state index in [-0.39, 0.29) is 47.9 Å². The summed E-state index contributed by atoms with van der Waals surface area (Å²) in [6, 6.07) is 0. The summed E-state index contributed by atoms with van der Waals surface area (Å²) >= 11 is 0. The normalized spacial score (nSPS) is 44.2. The Hall–Kier alpha value is -2.36. The van der Waals surface area contributed by atoms with E-state index in [4.69, 9.17) is 14.2 Å². The van der Waals surface area contributed by atoms with Crippen LogP contribution in [0.25, 0.3) is 0 Å². The highest BCUT2D eigenvalue weighted by atomic mass is 16.6. The molecule has 10 heteroatoms. The van der Waals surface area contributed by atoms with Gasteiger partial charge in [-0.2, -0.15) is 0 Å². The lowest BCUT2D eigenvalue weighted by Gasteiger charge is -2.59. The molecule has 9 rings (SSSR count). The van der Waals surface area contributed by atoms with Gasteiger partial charge in [0.1, 0.15) is 18.5 Å². The van der Waals surface area contributed by atoms with Gasteiger partial charge >= 0.3 is 12.2 Å². The van der Waals surface area contributed by atoms with Gasteiger partial charge in [-0.3, -0.25) is 4.90 Å². The van der Waals surface area contributed by atoms with Crippen LogP contribution in [0, 0.1) is 51.2 Å². The van der Waals surface area contributed by atoms with Crippen LogP contribution >= 0.6 is 0 Å². The number of likely N-dealkylation sites (tertiary alicyclic amines) is 1. The summed E-state index contributed by atoms with van der Waals surface area (Å²) < 4.78 is 21.6. The van der Waals surface area contributed by atoms with E-state index in [1.54, 1.807) is 6.33 Å². The van der Waals surface area contributed by atoms with E-state index in [0.717, 1.165) is 50.6 Å². The van der Waals surface area contributed by atoms with E-state index in [9.17, 15) is 9.59 Å². The fourth-order valence-corrected chi connectivity index (χ4v) is 13.5. The van der Waals surface area contributed by atoms with Crippen molar-refractivity contribution >= 4 is 12.2 Å². The van der Waals surface area contributed by atoms with Crippen molar-refractivity contribution in [2.24, 2.45) is 51.2 Å². The molecule has 4 heterocycles. The number of fused-ring (bicyclic) bond motifs is 5. The lowest BCUT2D eigenvalue weighted by atomic mass is 9.46. The average molecular weight is 664 g/mol. The summed E-state index contributed by atoms with van der Waals surface area (Å²) in [5.74, 6) is 3.75. The van der Waals surface area contributed by atoms with Crippen molar-refractivity contribution in [2.75, 3.05) is 19.6 Å². The zero-order chi connectivity index (χ0) is 33.2. The molecule has 3 aliphatic heterocycles. The number of ether oxygens (including phenoxy) is 3. The fraction of sp³-hybridized carbons (Fsp3) is 0.895.